The molecule has 0 atom stereocenters. The van der Waals surface area contributed by atoms with Gasteiger partial charge in [-0.25, -0.2) is 4.39 Å². The number of rotatable bonds is 3. The quantitative estimate of drug-likeness (QED) is 0.743. The zero-order valence-corrected chi connectivity index (χ0v) is 12.0. The van der Waals surface area contributed by atoms with Gasteiger partial charge in [0, 0.05) is 35.3 Å². The van der Waals surface area contributed by atoms with Crippen LogP contribution in [-0.2, 0) is 0 Å². The van der Waals surface area contributed by atoms with Crippen molar-refractivity contribution in [3.05, 3.63) is 66.5 Å². The van der Waals surface area contributed by atoms with Gasteiger partial charge >= 0.3 is 0 Å². The van der Waals surface area contributed by atoms with Crippen LogP contribution in [0.4, 0.5) is 10.1 Å². The lowest BCUT2D eigenvalue weighted by atomic mass is 10.1. The van der Waals surface area contributed by atoms with Gasteiger partial charge in [-0.3, -0.25) is 9.97 Å². The van der Waals surface area contributed by atoms with Gasteiger partial charge in [-0.2, -0.15) is 0 Å². The monoisotopic (exact) mass is 295 g/mol. The van der Waals surface area contributed by atoms with E-state index < -0.39 is 5.82 Å². The summed E-state index contributed by atoms with van der Waals surface area (Å²) in [6.45, 7) is 1.93. The van der Waals surface area contributed by atoms with Crippen LogP contribution in [0.3, 0.4) is 0 Å². The number of hydrogen-bond donors (Lipinski definition) is 1. The van der Waals surface area contributed by atoms with E-state index in [4.69, 9.17) is 10.5 Å². The summed E-state index contributed by atoms with van der Waals surface area (Å²) in [6, 6.07) is 10.0. The molecule has 3 rings (SSSR count). The highest BCUT2D eigenvalue weighted by Gasteiger charge is 2.05. The van der Waals surface area contributed by atoms with E-state index in [2.05, 4.69) is 9.97 Å². The lowest BCUT2D eigenvalue weighted by Crippen LogP contribution is -1.92. The molecule has 22 heavy (non-hydrogen) atoms. The van der Waals surface area contributed by atoms with Crippen LogP contribution in [0.5, 0.6) is 11.5 Å². The largest absolute Gasteiger partial charge is 0.456 e. The summed E-state index contributed by atoms with van der Waals surface area (Å²) in [4.78, 5) is 8.41. The first-order valence-corrected chi connectivity index (χ1v) is 6.73. The highest BCUT2D eigenvalue weighted by atomic mass is 19.1. The Bertz CT molecular complexity index is 803. The summed E-state index contributed by atoms with van der Waals surface area (Å²) in [5.41, 5.74) is 8.29. The molecule has 1 aromatic carbocycles. The molecule has 0 aliphatic carbocycles. The van der Waals surface area contributed by atoms with Gasteiger partial charge in [-0.1, -0.05) is 6.07 Å². The maximum atomic E-state index is 13.4. The minimum atomic E-state index is -0.510. The maximum Gasteiger partial charge on any atom is 0.149 e. The summed E-state index contributed by atoms with van der Waals surface area (Å²) in [5, 5.41) is 0. The molecule has 0 unspecified atom stereocenters. The van der Waals surface area contributed by atoms with E-state index in [1.165, 1.54) is 12.1 Å². The molecule has 0 amide bonds. The molecule has 3 aromatic rings. The van der Waals surface area contributed by atoms with Crippen LogP contribution in [0.15, 0.2) is 55.0 Å². The zero-order valence-electron chi connectivity index (χ0n) is 12.0. The molecule has 0 spiro atoms. The van der Waals surface area contributed by atoms with Crippen molar-refractivity contribution in [2.45, 2.75) is 6.92 Å². The van der Waals surface area contributed by atoms with Crippen molar-refractivity contribution >= 4 is 5.69 Å². The number of nitrogens with two attached hydrogens (primary N) is 1. The molecule has 110 valence electrons. The first-order chi connectivity index (χ1) is 10.6. The maximum absolute atomic E-state index is 13.4. The molecule has 0 radical (unpaired) electrons. The summed E-state index contributed by atoms with van der Waals surface area (Å²) >= 11 is 0. The van der Waals surface area contributed by atoms with Crippen molar-refractivity contribution < 1.29 is 9.13 Å². The molecule has 2 aromatic heterocycles. The Morgan fingerprint density at radius 3 is 2.55 bits per heavy atom. The third-order valence-electron chi connectivity index (χ3n) is 3.17. The van der Waals surface area contributed by atoms with Crippen molar-refractivity contribution in [2.75, 3.05) is 5.73 Å². The number of nitrogen functional groups attached to an aromatic ring is 1. The molecule has 0 saturated carbocycles. The van der Waals surface area contributed by atoms with E-state index >= 15 is 0 Å². The van der Waals surface area contributed by atoms with Gasteiger partial charge in [-0.15, -0.1) is 0 Å². The number of ether oxygens (including phenoxy) is 1. The van der Waals surface area contributed by atoms with Crippen LogP contribution in [0, 0.1) is 12.7 Å². The van der Waals surface area contributed by atoms with Gasteiger partial charge in [0.05, 0.1) is 11.9 Å². The average molecular weight is 295 g/mol. The fourth-order valence-corrected chi connectivity index (χ4v) is 1.98. The first-order valence-electron chi connectivity index (χ1n) is 6.73. The van der Waals surface area contributed by atoms with Crippen molar-refractivity contribution in [3.63, 3.8) is 0 Å². The number of nitrogens with zero attached hydrogens (tertiary/aromatic N) is 2. The van der Waals surface area contributed by atoms with Gasteiger partial charge in [0.15, 0.2) is 0 Å². The van der Waals surface area contributed by atoms with Gasteiger partial charge < -0.3 is 10.5 Å². The van der Waals surface area contributed by atoms with Crippen LogP contribution in [0.1, 0.15) is 5.69 Å². The first kappa shape index (κ1) is 14.0. The SMILES string of the molecule is Cc1ccc(-c2cncc(Oc3ccc(N)c(F)c3)c2)cn1. The average Bonchev–Trinajstić information content (AvgIpc) is 2.52. The second kappa shape index (κ2) is 5.81. The van der Waals surface area contributed by atoms with Gasteiger partial charge in [0.1, 0.15) is 17.3 Å². The smallest absolute Gasteiger partial charge is 0.149 e. The molecule has 0 saturated heterocycles. The minimum Gasteiger partial charge on any atom is -0.456 e. The predicted octanol–water partition coefficient (Wildman–Crippen LogP) is 3.97. The van der Waals surface area contributed by atoms with Crippen molar-refractivity contribution in [1.29, 1.82) is 0 Å². The van der Waals surface area contributed by atoms with Crippen molar-refractivity contribution in [2.24, 2.45) is 0 Å². The van der Waals surface area contributed by atoms with Crippen molar-refractivity contribution in [1.82, 2.24) is 9.97 Å². The number of aryl methyl sites for hydroxylation is 1. The third-order valence-corrected chi connectivity index (χ3v) is 3.17. The summed E-state index contributed by atoms with van der Waals surface area (Å²) in [7, 11) is 0. The normalized spacial score (nSPS) is 10.5. The lowest BCUT2D eigenvalue weighted by molar-refractivity contribution is 0.475. The molecule has 4 nitrogen and oxygen atoms in total. The number of aromatic nitrogens is 2. The van der Waals surface area contributed by atoms with E-state index in [9.17, 15) is 4.39 Å². The third kappa shape index (κ3) is 3.03. The molecule has 2 heterocycles. The number of anilines is 1. The Balaban J connectivity index is 1.87. The van der Waals surface area contributed by atoms with Crippen LogP contribution < -0.4 is 10.5 Å². The molecule has 0 aliphatic rings. The van der Waals surface area contributed by atoms with Crippen LogP contribution >= 0.6 is 0 Å². The summed E-state index contributed by atoms with van der Waals surface area (Å²) in [5.74, 6) is 0.374. The van der Waals surface area contributed by atoms with E-state index in [-0.39, 0.29) is 5.69 Å². The van der Waals surface area contributed by atoms with Crippen LogP contribution in [0.25, 0.3) is 11.1 Å². The second-order valence-corrected chi connectivity index (χ2v) is 4.88. The number of benzene rings is 1. The fraction of sp³-hybridized carbons (Fsp3) is 0.0588. The Kier molecular flexibility index (Phi) is 3.70. The fourth-order valence-electron chi connectivity index (χ4n) is 1.98. The number of halogens is 1. The molecule has 0 fully saturated rings. The molecule has 0 bridgehead atoms. The van der Waals surface area contributed by atoms with Gasteiger partial charge in [0.2, 0.25) is 0 Å². The molecular formula is C17H14FN3O. The van der Waals surface area contributed by atoms with Gasteiger partial charge in [0.25, 0.3) is 0 Å². The Morgan fingerprint density at radius 2 is 1.82 bits per heavy atom. The molecule has 5 heteroatoms. The van der Waals surface area contributed by atoms with E-state index in [0.29, 0.717) is 11.5 Å². The molecule has 0 aliphatic heterocycles. The Morgan fingerprint density at radius 1 is 0.955 bits per heavy atom. The minimum absolute atomic E-state index is 0.0879. The van der Waals surface area contributed by atoms with Crippen LogP contribution in [0.2, 0.25) is 0 Å². The van der Waals surface area contributed by atoms with Gasteiger partial charge in [-0.05, 0) is 31.2 Å². The molecular weight excluding hydrogens is 281 g/mol. The Hall–Kier alpha value is -2.95. The Labute approximate surface area is 127 Å². The van der Waals surface area contributed by atoms with E-state index in [0.717, 1.165) is 16.8 Å². The topological polar surface area (TPSA) is 61.0 Å². The summed E-state index contributed by atoms with van der Waals surface area (Å²) in [6.07, 6.45) is 5.07. The highest BCUT2D eigenvalue weighted by Crippen LogP contribution is 2.27. The standard InChI is InChI=1S/C17H14FN3O/c1-11-2-3-12(9-21-11)13-6-15(10-20-8-13)22-14-4-5-17(19)16(18)7-14/h2-10H,19H2,1H3. The number of pyridine rings is 2. The molecule has 2 N–H and O–H groups in total. The summed E-state index contributed by atoms with van der Waals surface area (Å²) < 4.78 is 19.1. The van der Waals surface area contributed by atoms with Crippen LogP contribution in [-0.4, -0.2) is 9.97 Å². The predicted molar refractivity (Wildman–Crippen MR) is 83.1 cm³/mol. The number of hydrogen-bond acceptors (Lipinski definition) is 4. The van der Waals surface area contributed by atoms with Crippen molar-refractivity contribution in [3.8, 4) is 22.6 Å². The highest BCUT2D eigenvalue weighted by molar-refractivity contribution is 5.63. The van der Waals surface area contributed by atoms with E-state index in [1.807, 2.05) is 25.1 Å². The zero-order chi connectivity index (χ0) is 15.5. The lowest BCUT2D eigenvalue weighted by Gasteiger charge is -2.08. The second-order valence-electron chi connectivity index (χ2n) is 4.88. The van der Waals surface area contributed by atoms with E-state index in [1.54, 1.807) is 24.7 Å².